The Morgan fingerprint density at radius 1 is 1.38 bits per heavy atom. The van der Waals surface area contributed by atoms with Crippen molar-refractivity contribution < 1.29 is 18.0 Å². The summed E-state index contributed by atoms with van der Waals surface area (Å²) >= 11 is 1.53. The van der Waals surface area contributed by atoms with Gasteiger partial charge in [-0.3, -0.25) is 0 Å². The van der Waals surface area contributed by atoms with E-state index in [0.717, 1.165) is 6.92 Å². The first kappa shape index (κ1) is 20.7. The third-order valence-corrected chi connectivity index (χ3v) is 5.12. The lowest BCUT2D eigenvalue weighted by Gasteiger charge is -2.41. The first-order valence-electron chi connectivity index (χ1n) is 8.62. The molecule has 0 aliphatic carbocycles. The van der Waals surface area contributed by atoms with Crippen molar-refractivity contribution in [3.8, 4) is 0 Å². The number of carbonyl (C=O) groups excluding carboxylic acids is 1. The minimum absolute atomic E-state index is 0.150. The van der Waals surface area contributed by atoms with Gasteiger partial charge in [-0.1, -0.05) is 18.2 Å². The summed E-state index contributed by atoms with van der Waals surface area (Å²) in [4.78, 5) is 14.3. The number of urea groups is 1. The zero-order chi connectivity index (χ0) is 19.3. The molecule has 1 heterocycles. The van der Waals surface area contributed by atoms with Crippen molar-refractivity contribution in [3.05, 3.63) is 47.1 Å². The summed E-state index contributed by atoms with van der Waals surface area (Å²) in [6.45, 7) is 3.01. The number of piperidine rings is 1. The molecule has 1 aromatic carbocycles. The maximum Gasteiger partial charge on any atom is 0.318 e. The van der Waals surface area contributed by atoms with E-state index < -0.39 is 23.7 Å². The number of likely N-dealkylation sites (tertiary alicyclic amines) is 1. The Labute approximate surface area is 157 Å². The fourth-order valence-corrected chi connectivity index (χ4v) is 3.58. The number of hydrogen-bond acceptors (Lipinski definition) is 2. The van der Waals surface area contributed by atoms with Crippen LogP contribution < -0.4 is 5.32 Å². The van der Waals surface area contributed by atoms with Crippen molar-refractivity contribution in [1.82, 2.24) is 10.2 Å². The third-order valence-electron chi connectivity index (χ3n) is 4.69. The van der Waals surface area contributed by atoms with E-state index in [1.807, 2.05) is 24.7 Å². The second kappa shape index (κ2) is 8.84. The fraction of sp³-hybridized carbons (Fsp3) is 0.526. The smallest absolute Gasteiger partial charge is 0.318 e. The number of nitrogens with one attached hydrogen (secondary N) is 1. The summed E-state index contributed by atoms with van der Waals surface area (Å²) in [6.07, 6.45) is 4.18. The van der Waals surface area contributed by atoms with Gasteiger partial charge in [0, 0.05) is 18.5 Å². The van der Waals surface area contributed by atoms with Gasteiger partial charge < -0.3 is 10.2 Å². The number of benzene rings is 1. The highest BCUT2D eigenvalue weighted by molar-refractivity contribution is 8.01. The van der Waals surface area contributed by atoms with Crippen LogP contribution in [0.15, 0.2) is 35.7 Å². The molecule has 26 heavy (non-hydrogen) atoms. The molecule has 1 N–H and O–H groups in total. The Hall–Kier alpha value is -1.63. The Morgan fingerprint density at radius 3 is 2.62 bits per heavy atom. The summed E-state index contributed by atoms with van der Waals surface area (Å²) in [5.74, 6) is -4.01. The standard InChI is InChI=1S/C19H25F3N2OS/c1-13(9-11-26-3)23-18(25)24-10-8-15(19(2,21)22)12-17(24)14-4-6-16(20)7-5-14/h4-7,9,11,13,15,17H,8,10,12H2,1-3H3,(H,23,25)/b11-9+. The number of hydrogen-bond donors (Lipinski definition) is 1. The molecule has 7 heteroatoms. The first-order chi connectivity index (χ1) is 12.2. The lowest BCUT2D eigenvalue weighted by Crippen LogP contribution is -2.50. The molecule has 0 bridgehead atoms. The van der Waals surface area contributed by atoms with Gasteiger partial charge >= 0.3 is 6.03 Å². The van der Waals surface area contributed by atoms with Crippen LogP contribution in [0.4, 0.5) is 18.0 Å². The SMILES string of the molecule is CS/C=C/C(C)NC(=O)N1CCC(C(C)(F)F)CC1c1ccc(F)cc1. The van der Waals surface area contributed by atoms with Gasteiger partial charge in [0.15, 0.2) is 0 Å². The predicted molar refractivity (Wildman–Crippen MR) is 99.8 cm³/mol. The largest absolute Gasteiger partial charge is 0.332 e. The Balaban J connectivity index is 2.20. The van der Waals surface area contributed by atoms with Crippen LogP contribution in [-0.4, -0.2) is 35.7 Å². The molecule has 0 spiro atoms. The predicted octanol–water partition coefficient (Wildman–Crippen LogP) is 5.21. The van der Waals surface area contributed by atoms with Crippen LogP contribution in [0.1, 0.15) is 38.3 Å². The number of rotatable bonds is 5. The molecule has 1 aromatic rings. The molecule has 3 atom stereocenters. The quantitative estimate of drug-likeness (QED) is 0.753. The third kappa shape index (κ3) is 5.43. The van der Waals surface area contributed by atoms with Crippen LogP contribution in [0.5, 0.6) is 0 Å². The van der Waals surface area contributed by atoms with Crippen LogP contribution in [-0.2, 0) is 0 Å². The molecule has 0 saturated carbocycles. The number of alkyl halides is 2. The van der Waals surface area contributed by atoms with E-state index in [1.54, 1.807) is 17.0 Å². The van der Waals surface area contributed by atoms with Crippen LogP contribution in [0.25, 0.3) is 0 Å². The van der Waals surface area contributed by atoms with Crippen molar-refractivity contribution in [2.24, 2.45) is 5.92 Å². The minimum atomic E-state index is -2.81. The van der Waals surface area contributed by atoms with Crippen LogP contribution >= 0.6 is 11.8 Å². The Kier molecular flexibility index (Phi) is 7.03. The maximum absolute atomic E-state index is 13.8. The van der Waals surface area contributed by atoms with Crippen LogP contribution in [0.2, 0.25) is 0 Å². The van der Waals surface area contributed by atoms with E-state index in [-0.39, 0.29) is 31.5 Å². The summed E-state index contributed by atoms with van der Waals surface area (Å²) in [6, 6.07) is 4.74. The molecule has 144 valence electrons. The second-order valence-electron chi connectivity index (χ2n) is 6.74. The van der Waals surface area contributed by atoms with Gasteiger partial charge in [-0.05, 0) is 56.0 Å². The molecule has 3 unspecified atom stereocenters. The first-order valence-corrected chi connectivity index (χ1v) is 9.91. The normalized spacial score (nSPS) is 22.5. The highest BCUT2D eigenvalue weighted by Gasteiger charge is 2.42. The van der Waals surface area contributed by atoms with Crippen molar-refractivity contribution >= 4 is 17.8 Å². The van der Waals surface area contributed by atoms with Gasteiger partial charge in [0.2, 0.25) is 5.92 Å². The molecule has 1 fully saturated rings. The van der Waals surface area contributed by atoms with E-state index in [4.69, 9.17) is 0 Å². The van der Waals surface area contributed by atoms with Crippen LogP contribution in [0, 0.1) is 11.7 Å². The minimum Gasteiger partial charge on any atom is -0.332 e. The maximum atomic E-state index is 13.8. The topological polar surface area (TPSA) is 32.3 Å². The van der Waals surface area contributed by atoms with Gasteiger partial charge in [0.25, 0.3) is 0 Å². The molecule has 3 nitrogen and oxygen atoms in total. The molecule has 1 aliphatic rings. The average Bonchev–Trinajstić information content (AvgIpc) is 2.59. The summed E-state index contributed by atoms with van der Waals surface area (Å²) in [5.41, 5.74) is 0.669. The molecular formula is C19H25F3N2OS. The van der Waals surface area contributed by atoms with Gasteiger partial charge in [0.1, 0.15) is 5.82 Å². The molecule has 1 aliphatic heterocycles. The number of nitrogens with zero attached hydrogens (tertiary/aromatic N) is 1. The number of amides is 2. The Bertz CT molecular complexity index is 631. The highest BCUT2D eigenvalue weighted by atomic mass is 32.2. The zero-order valence-electron chi connectivity index (χ0n) is 15.2. The van der Waals surface area contributed by atoms with Gasteiger partial charge in [-0.15, -0.1) is 11.8 Å². The van der Waals surface area contributed by atoms with E-state index in [9.17, 15) is 18.0 Å². The summed E-state index contributed by atoms with van der Waals surface area (Å²) < 4.78 is 40.9. The van der Waals surface area contributed by atoms with Gasteiger partial charge in [0.05, 0.1) is 6.04 Å². The highest BCUT2D eigenvalue weighted by Crippen LogP contribution is 2.41. The van der Waals surface area contributed by atoms with Crippen molar-refractivity contribution in [2.75, 3.05) is 12.8 Å². The molecule has 1 saturated heterocycles. The lowest BCUT2D eigenvalue weighted by molar-refractivity contribution is -0.0686. The van der Waals surface area contributed by atoms with Crippen molar-refractivity contribution in [3.63, 3.8) is 0 Å². The van der Waals surface area contributed by atoms with Crippen molar-refractivity contribution in [2.45, 2.75) is 44.7 Å². The fourth-order valence-electron chi connectivity index (χ4n) is 3.19. The molecular weight excluding hydrogens is 361 g/mol. The average molecular weight is 386 g/mol. The zero-order valence-corrected chi connectivity index (χ0v) is 16.0. The van der Waals surface area contributed by atoms with E-state index in [1.165, 1.54) is 23.9 Å². The van der Waals surface area contributed by atoms with E-state index in [2.05, 4.69) is 5.32 Å². The molecule has 0 aromatic heterocycles. The molecule has 2 amide bonds. The second-order valence-corrected chi connectivity index (χ2v) is 7.48. The number of carbonyl (C=O) groups is 1. The van der Waals surface area contributed by atoms with Gasteiger partial charge in [-0.2, -0.15) is 0 Å². The van der Waals surface area contributed by atoms with Crippen LogP contribution in [0.3, 0.4) is 0 Å². The van der Waals surface area contributed by atoms with Crippen molar-refractivity contribution in [1.29, 1.82) is 0 Å². The summed E-state index contributed by atoms with van der Waals surface area (Å²) in [5, 5.41) is 4.76. The number of thioether (sulfide) groups is 1. The van der Waals surface area contributed by atoms with E-state index in [0.29, 0.717) is 5.56 Å². The monoisotopic (exact) mass is 386 g/mol. The number of halogens is 3. The Morgan fingerprint density at radius 2 is 2.04 bits per heavy atom. The van der Waals surface area contributed by atoms with Gasteiger partial charge in [-0.25, -0.2) is 18.0 Å². The lowest BCUT2D eigenvalue weighted by atomic mass is 9.84. The molecule has 2 rings (SSSR count). The summed E-state index contributed by atoms with van der Waals surface area (Å²) in [7, 11) is 0. The molecule has 0 radical (unpaired) electrons. The van der Waals surface area contributed by atoms with E-state index >= 15 is 0 Å².